The molecule has 1 unspecified atom stereocenters. The van der Waals surface area contributed by atoms with E-state index >= 15 is 0 Å². The van der Waals surface area contributed by atoms with Crippen molar-refractivity contribution < 1.29 is 13.7 Å². The van der Waals surface area contributed by atoms with Crippen molar-refractivity contribution in [2.45, 2.75) is 63.0 Å². The van der Waals surface area contributed by atoms with Crippen molar-refractivity contribution in [3.63, 3.8) is 0 Å². The minimum Gasteiger partial charge on any atom is -0.472 e. The van der Waals surface area contributed by atoms with Gasteiger partial charge in [-0.15, -0.1) is 4.36 Å². The lowest BCUT2D eigenvalue weighted by Gasteiger charge is -2.31. The maximum absolute atomic E-state index is 13.0. The molecule has 1 aliphatic heterocycles. The molecule has 2 amide bonds. The topological polar surface area (TPSA) is 112 Å². The fourth-order valence-corrected chi connectivity index (χ4v) is 5.57. The molecule has 28 heavy (non-hydrogen) atoms. The van der Waals surface area contributed by atoms with E-state index in [0.717, 1.165) is 31.4 Å². The molecule has 3 atom stereocenters. The molecular formula is C19H23N5O3S. The third kappa shape index (κ3) is 2.64. The molecule has 2 aliphatic carbocycles. The van der Waals surface area contributed by atoms with Crippen LogP contribution in [-0.2, 0) is 35.7 Å². The minimum absolute atomic E-state index is 0.0845. The highest BCUT2D eigenvalue weighted by Crippen LogP contribution is 2.45. The summed E-state index contributed by atoms with van der Waals surface area (Å²) in [4.78, 5) is 12.8. The average molecular weight is 401 g/mol. The number of nitrogens with one attached hydrogen (secondary N) is 1. The normalized spacial score (nSPS) is 23.7. The van der Waals surface area contributed by atoms with Crippen LogP contribution in [0, 0.1) is 0 Å². The third-order valence-electron chi connectivity index (χ3n) is 5.81. The molecule has 1 aromatic heterocycles. The van der Waals surface area contributed by atoms with Gasteiger partial charge in [0.25, 0.3) is 0 Å². The second-order valence-corrected chi connectivity index (χ2v) is 9.70. The summed E-state index contributed by atoms with van der Waals surface area (Å²) in [7, 11) is -3.46. The molecular weight excluding hydrogens is 378 g/mol. The predicted molar refractivity (Wildman–Crippen MR) is 105 cm³/mol. The molecule has 0 bridgehead atoms. The first-order valence-corrected chi connectivity index (χ1v) is 11.2. The minimum atomic E-state index is -3.46. The van der Waals surface area contributed by atoms with Gasteiger partial charge in [0.2, 0.25) is 5.88 Å². The first kappa shape index (κ1) is 17.7. The Labute approximate surface area is 163 Å². The number of amides is 2. The monoisotopic (exact) mass is 401 g/mol. The standard InChI is InChI=1S/C19H23N5O3S/c1-10-6-13-7-12-4-3-5-14(12)17(16(10)13)22-19(25)23-28(20,26)15-8-21-24-9-11(2)27-18(15)24/h7-8,10-11H,3-6,9H2,1-2H3,(H3,20,22,23,25,26)/t10-,11-,28?/m0/s1. The smallest absolute Gasteiger partial charge is 0.354 e. The number of ether oxygens (including phenoxy) is 1. The molecule has 0 fully saturated rings. The Kier molecular flexibility index (Phi) is 3.82. The lowest BCUT2D eigenvalue weighted by atomic mass is 9.75. The van der Waals surface area contributed by atoms with E-state index in [1.807, 2.05) is 6.92 Å². The van der Waals surface area contributed by atoms with E-state index in [0.29, 0.717) is 18.3 Å². The van der Waals surface area contributed by atoms with Crippen LogP contribution in [0.15, 0.2) is 21.5 Å². The number of anilines is 1. The number of aryl methyl sites for hydroxylation is 1. The van der Waals surface area contributed by atoms with Crippen molar-refractivity contribution in [1.29, 1.82) is 0 Å². The van der Waals surface area contributed by atoms with Crippen LogP contribution >= 0.6 is 0 Å². The summed E-state index contributed by atoms with van der Waals surface area (Å²) in [6.45, 7) is 4.59. The Morgan fingerprint density at radius 3 is 3.00 bits per heavy atom. The van der Waals surface area contributed by atoms with Crippen molar-refractivity contribution in [1.82, 2.24) is 9.78 Å². The van der Waals surface area contributed by atoms with E-state index in [1.54, 1.807) is 4.68 Å². The van der Waals surface area contributed by atoms with Gasteiger partial charge in [0.05, 0.1) is 12.7 Å². The van der Waals surface area contributed by atoms with Gasteiger partial charge in [0.1, 0.15) is 11.0 Å². The molecule has 9 heteroatoms. The second-order valence-electron chi connectivity index (χ2n) is 7.94. The van der Waals surface area contributed by atoms with Crippen molar-refractivity contribution in [3.05, 3.63) is 34.5 Å². The molecule has 0 radical (unpaired) electrons. The van der Waals surface area contributed by atoms with Gasteiger partial charge in [-0.3, -0.25) is 0 Å². The Morgan fingerprint density at radius 1 is 1.39 bits per heavy atom. The van der Waals surface area contributed by atoms with E-state index in [-0.39, 0.29) is 11.0 Å². The number of hydrogen-bond donors (Lipinski definition) is 2. The average Bonchev–Trinajstić information content (AvgIpc) is 3.27. The highest BCUT2D eigenvalue weighted by Gasteiger charge is 2.32. The van der Waals surface area contributed by atoms with E-state index < -0.39 is 15.9 Å². The molecule has 0 saturated heterocycles. The van der Waals surface area contributed by atoms with Crippen LogP contribution in [0.1, 0.15) is 48.4 Å². The summed E-state index contributed by atoms with van der Waals surface area (Å²) >= 11 is 0. The lowest BCUT2D eigenvalue weighted by Crippen LogP contribution is -2.23. The van der Waals surface area contributed by atoms with Crippen molar-refractivity contribution in [2.24, 2.45) is 9.50 Å². The van der Waals surface area contributed by atoms with Gasteiger partial charge in [-0.25, -0.2) is 18.8 Å². The fraction of sp³-hybridized carbons (Fsp3) is 0.474. The number of nitrogens with two attached hydrogens (primary N) is 1. The number of fused-ring (bicyclic) bond motifs is 3. The maximum atomic E-state index is 13.0. The quantitative estimate of drug-likeness (QED) is 0.806. The van der Waals surface area contributed by atoms with Crippen molar-refractivity contribution in [3.8, 4) is 5.88 Å². The van der Waals surface area contributed by atoms with Crippen LogP contribution in [-0.4, -0.2) is 26.1 Å². The van der Waals surface area contributed by atoms with Gasteiger partial charge in [-0.2, -0.15) is 5.10 Å². The Hall–Kier alpha value is -2.39. The molecule has 1 aromatic carbocycles. The zero-order valence-corrected chi connectivity index (χ0v) is 16.7. The highest BCUT2D eigenvalue weighted by molar-refractivity contribution is 7.91. The summed E-state index contributed by atoms with van der Waals surface area (Å²) in [6, 6.07) is 1.57. The van der Waals surface area contributed by atoms with Crippen LogP contribution in [0.5, 0.6) is 5.88 Å². The van der Waals surface area contributed by atoms with Gasteiger partial charge in [0, 0.05) is 5.69 Å². The molecule has 3 N–H and O–H groups in total. The summed E-state index contributed by atoms with van der Waals surface area (Å²) in [5.74, 6) is 0.724. The summed E-state index contributed by atoms with van der Waals surface area (Å²) < 4.78 is 24.0. The van der Waals surface area contributed by atoms with Crippen molar-refractivity contribution in [2.75, 3.05) is 5.32 Å². The molecule has 148 valence electrons. The van der Waals surface area contributed by atoms with Gasteiger partial charge < -0.3 is 10.1 Å². The van der Waals surface area contributed by atoms with Crippen LogP contribution in [0.4, 0.5) is 10.5 Å². The van der Waals surface area contributed by atoms with E-state index in [1.165, 1.54) is 28.5 Å². The molecule has 2 heterocycles. The van der Waals surface area contributed by atoms with Crippen LogP contribution in [0.2, 0.25) is 0 Å². The molecule has 2 aromatic rings. The number of benzene rings is 1. The van der Waals surface area contributed by atoms with Crippen LogP contribution in [0.3, 0.4) is 0 Å². The number of carbonyl (C=O) groups excluding carboxylic acids is 1. The van der Waals surface area contributed by atoms with Crippen LogP contribution < -0.4 is 15.2 Å². The van der Waals surface area contributed by atoms with Gasteiger partial charge in [-0.05, 0) is 60.8 Å². The molecule has 3 aliphatic rings. The third-order valence-corrected chi connectivity index (χ3v) is 7.16. The highest BCUT2D eigenvalue weighted by atomic mass is 32.2. The van der Waals surface area contributed by atoms with E-state index in [2.05, 4.69) is 27.8 Å². The molecule has 8 nitrogen and oxygen atoms in total. The number of hydrogen-bond acceptors (Lipinski definition) is 4. The van der Waals surface area contributed by atoms with Gasteiger partial charge in [-0.1, -0.05) is 13.0 Å². The van der Waals surface area contributed by atoms with E-state index in [4.69, 9.17) is 9.88 Å². The fourth-order valence-electron chi connectivity index (χ4n) is 4.58. The number of rotatable bonds is 2. The summed E-state index contributed by atoms with van der Waals surface area (Å²) in [6.07, 6.45) is 5.36. The number of carbonyl (C=O) groups is 1. The zero-order valence-electron chi connectivity index (χ0n) is 15.9. The van der Waals surface area contributed by atoms with Gasteiger partial charge in [0.15, 0.2) is 9.92 Å². The van der Waals surface area contributed by atoms with Gasteiger partial charge >= 0.3 is 6.03 Å². The summed E-state index contributed by atoms with van der Waals surface area (Å²) in [5.41, 5.74) is 5.79. The zero-order chi connectivity index (χ0) is 19.6. The largest absolute Gasteiger partial charge is 0.472 e. The molecule has 5 rings (SSSR count). The first-order chi connectivity index (χ1) is 13.3. The molecule has 0 spiro atoms. The number of nitrogens with zero attached hydrogens (tertiary/aromatic N) is 3. The Bertz CT molecular complexity index is 1130. The molecule has 0 saturated carbocycles. The van der Waals surface area contributed by atoms with Crippen molar-refractivity contribution >= 4 is 21.6 Å². The maximum Gasteiger partial charge on any atom is 0.354 e. The Morgan fingerprint density at radius 2 is 2.21 bits per heavy atom. The predicted octanol–water partition coefficient (Wildman–Crippen LogP) is 2.75. The van der Waals surface area contributed by atoms with E-state index in [9.17, 15) is 9.00 Å². The SMILES string of the molecule is C[C@H]1Cn2ncc(S(N)(=O)=NC(=O)Nc3c4c(cc5c3[C@@H](C)C5)CCC4)c2O1. The summed E-state index contributed by atoms with van der Waals surface area (Å²) in [5, 5.41) is 13.0. The Balaban J connectivity index is 1.49. The number of urea groups is 1. The lowest BCUT2D eigenvalue weighted by molar-refractivity contribution is 0.248. The first-order valence-electron chi connectivity index (χ1n) is 9.59. The second kappa shape index (κ2) is 6.05. The van der Waals surface area contributed by atoms with Crippen LogP contribution in [0.25, 0.3) is 0 Å². The number of aromatic nitrogens is 2.